The molecule has 262 valence electrons. The van der Waals surface area contributed by atoms with E-state index < -0.39 is 53.8 Å². The van der Waals surface area contributed by atoms with Gasteiger partial charge >= 0.3 is 24.5 Å². The van der Waals surface area contributed by atoms with Gasteiger partial charge in [0, 0.05) is 25.3 Å². The van der Waals surface area contributed by atoms with Gasteiger partial charge in [-0.15, -0.1) is 5.10 Å². The van der Waals surface area contributed by atoms with Crippen molar-refractivity contribution in [2.45, 2.75) is 64.3 Å². The SMILES string of the molecule is Cc1cc2c(c(C)c1C(F)(F)F)N(Cc1ccc(C(=O)O)cc1)CCCC2N(Cc1cc(C(F)(F)F)cc(C(F)(F)F)c1)c1nnn(C)n1. The second-order valence-electron chi connectivity index (χ2n) is 11.8. The number of aromatic nitrogens is 4. The number of halogens is 9. The first kappa shape index (κ1) is 35.5. The van der Waals surface area contributed by atoms with Crippen LogP contribution in [-0.4, -0.2) is 37.8 Å². The lowest BCUT2D eigenvalue weighted by molar-refractivity contribution is -0.143. The van der Waals surface area contributed by atoms with E-state index in [9.17, 15) is 49.4 Å². The molecule has 1 aliphatic rings. The standard InChI is InChI=1S/C32H29F9N6O2/c1-17-11-24-25(47(29-42-44-45(3)43-29)16-20-12-22(30(33,34)35)14-23(13-20)31(36,37)38)5-4-10-46(27(24)18(2)26(17)32(39,40)41)15-19-6-8-21(9-7-19)28(48)49/h6-9,11-14,25H,4-5,10,15-16H2,1-3H3,(H,48,49). The number of carboxylic acids is 1. The van der Waals surface area contributed by atoms with E-state index in [2.05, 4.69) is 15.4 Å². The first-order chi connectivity index (χ1) is 22.7. The maximum Gasteiger partial charge on any atom is 0.416 e. The molecule has 4 aromatic rings. The summed E-state index contributed by atoms with van der Waals surface area (Å²) in [5.41, 5.74) is -3.44. The van der Waals surface area contributed by atoms with Crippen molar-refractivity contribution in [1.29, 1.82) is 0 Å². The minimum Gasteiger partial charge on any atom is -0.478 e. The molecule has 0 saturated heterocycles. The third-order valence-corrected chi connectivity index (χ3v) is 8.34. The highest BCUT2D eigenvalue weighted by Crippen LogP contribution is 2.47. The Hall–Kier alpha value is -4.83. The zero-order valence-corrected chi connectivity index (χ0v) is 26.2. The maximum atomic E-state index is 14.4. The summed E-state index contributed by atoms with van der Waals surface area (Å²) in [5.74, 6) is -1.31. The number of aromatic carboxylic acids is 1. The van der Waals surface area contributed by atoms with Crippen molar-refractivity contribution in [1.82, 2.24) is 20.2 Å². The monoisotopic (exact) mass is 700 g/mol. The predicted molar refractivity (Wildman–Crippen MR) is 159 cm³/mol. The van der Waals surface area contributed by atoms with Gasteiger partial charge in [-0.2, -0.15) is 44.3 Å². The largest absolute Gasteiger partial charge is 0.478 e. The molecule has 17 heteroatoms. The average molecular weight is 701 g/mol. The number of hydrogen-bond acceptors (Lipinski definition) is 6. The van der Waals surface area contributed by atoms with E-state index in [1.54, 1.807) is 17.0 Å². The molecule has 1 aromatic heterocycles. The lowest BCUT2D eigenvalue weighted by atomic mass is 9.90. The van der Waals surface area contributed by atoms with Crippen LogP contribution in [0.3, 0.4) is 0 Å². The molecule has 0 fully saturated rings. The Morgan fingerprint density at radius 2 is 1.51 bits per heavy atom. The first-order valence-electron chi connectivity index (χ1n) is 14.8. The number of fused-ring (bicyclic) bond motifs is 1. The number of anilines is 2. The van der Waals surface area contributed by atoms with Crippen LogP contribution in [0.4, 0.5) is 51.1 Å². The zero-order valence-electron chi connectivity index (χ0n) is 26.2. The van der Waals surface area contributed by atoms with Crippen molar-refractivity contribution in [3.8, 4) is 0 Å². The van der Waals surface area contributed by atoms with Crippen LogP contribution in [-0.2, 0) is 38.7 Å². The Balaban J connectivity index is 1.69. The minimum absolute atomic E-state index is 0.0154. The highest BCUT2D eigenvalue weighted by atomic mass is 19.4. The fourth-order valence-corrected chi connectivity index (χ4v) is 6.33. The van der Waals surface area contributed by atoms with Crippen molar-refractivity contribution < 1.29 is 49.4 Å². The Kier molecular flexibility index (Phi) is 9.33. The zero-order chi connectivity index (χ0) is 36.1. The van der Waals surface area contributed by atoms with Crippen molar-refractivity contribution in [2.75, 3.05) is 16.3 Å². The molecule has 0 bridgehead atoms. The molecule has 2 heterocycles. The van der Waals surface area contributed by atoms with E-state index in [-0.39, 0.29) is 59.5 Å². The van der Waals surface area contributed by atoms with E-state index in [4.69, 9.17) is 0 Å². The molecule has 3 aromatic carbocycles. The second-order valence-corrected chi connectivity index (χ2v) is 11.8. The van der Waals surface area contributed by atoms with Crippen molar-refractivity contribution in [2.24, 2.45) is 7.05 Å². The normalized spacial score (nSPS) is 15.6. The van der Waals surface area contributed by atoms with Gasteiger partial charge < -0.3 is 14.9 Å². The summed E-state index contributed by atoms with van der Waals surface area (Å²) < 4.78 is 126. The molecule has 0 spiro atoms. The highest BCUT2D eigenvalue weighted by molar-refractivity contribution is 5.87. The van der Waals surface area contributed by atoms with Crippen LogP contribution >= 0.6 is 0 Å². The summed E-state index contributed by atoms with van der Waals surface area (Å²) >= 11 is 0. The third kappa shape index (κ3) is 7.59. The maximum absolute atomic E-state index is 14.4. The van der Waals surface area contributed by atoms with E-state index in [0.717, 1.165) is 4.80 Å². The third-order valence-electron chi connectivity index (χ3n) is 8.34. The van der Waals surface area contributed by atoms with Crippen LogP contribution in [0, 0.1) is 13.8 Å². The Labute approximate surface area is 273 Å². The number of tetrazole rings is 1. The van der Waals surface area contributed by atoms with Gasteiger partial charge in [0.1, 0.15) is 0 Å². The van der Waals surface area contributed by atoms with Crippen LogP contribution in [0.25, 0.3) is 0 Å². The number of carbonyl (C=O) groups is 1. The van der Waals surface area contributed by atoms with Crippen molar-refractivity contribution >= 4 is 17.6 Å². The number of hydrogen-bond donors (Lipinski definition) is 1. The van der Waals surface area contributed by atoms with Gasteiger partial charge in [0.15, 0.2) is 0 Å². The molecule has 1 unspecified atom stereocenters. The van der Waals surface area contributed by atoms with Gasteiger partial charge in [-0.25, -0.2) is 4.79 Å². The number of nitrogens with zero attached hydrogens (tertiary/aromatic N) is 6. The molecule has 49 heavy (non-hydrogen) atoms. The first-order valence-corrected chi connectivity index (χ1v) is 14.8. The summed E-state index contributed by atoms with van der Waals surface area (Å²) in [6, 6.07) is 7.44. The molecule has 0 amide bonds. The number of aryl methyl sites for hydroxylation is 2. The number of alkyl halides is 9. The fourth-order valence-electron chi connectivity index (χ4n) is 6.33. The Morgan fingerprint density at radius 3 is 2.02 bits per heavy atom. The van der Waals surface area contributed by atoms with Crippen molar-refractivity contribution in [3.63, 3.8) is 0 Å². The number of carboxylic acid groups (broad SMARTS) is 1. The molecule has 1 aliphatic heterocycles. The molecule has 1 atom stereocenters. The minimum atomic E-state index is -5.11. The molecular formula is C32H29F9N6O2. The summed E-state index contributed by atoms with van der Waals surface area (Å²) in [4.78, 5) is 15.5. The van der Waals surface area contributed by atoms with Crippen LogP contribution in [0.5, 0.6) is 0 Å². The quantitative estimate of drug-likeness (QED) is 0.195. The summed E-state index contributed by atoms with van der Waals surface area (Å²) in [6.07, 6.45) is -14.4. The van der Waals surface area contributed by atoms with Gasteiger partial charge in [0.2, 0.25) is 0 Å². The molecule has 0 radical (unpaired) electrons. The van der Waals surface area contributed by atoms with Crippen LogP contribution in [0.1, 0.15) is 73.7 Å². The second kappa shape index (κ2) is 12.9. The lowest BCUT2D eigenvalue weighted by Gasteiger charge is -2.34. The van der Waals surface area contributed by atoms with Crippen LogP contribution in [0.2, 0.25) is 0 Å². The van der Waals surface area contributed by atoms with Gasteiger partial charge in [0.05, 0.1) is 35.3 Å². The van der Waals surface area contributed by atoms with Crippen LogP contribution in [0.15, 0.2) is 48.5 Å². The number of benzene rings is 3. The summed E-state index contributed by atoms with van der Waals surface area (Å²) in [7, 11) is 1.41. The van der Waals surface area contributed by atoms with E-state index in [1.165, 1.54) is 44.0 Å². The Morgan fingerprint density at radius 1 is 0.898 bits per heavy atom. The number of rotatable bonds is 7. The van der Waals surface area contributed by atoms with Gasteiger partial charge in [-0.3, -0.25) is 0 Å². The fraction of sp³-hybridized carbons (Fsp3) is 0.375. The average Bonchev–Trinajstić information content (AvgIpc) is 3.33. The molecule has 5 rings (SSSR count). The van der Waals surface area contributed by atoms with Crippen molar-refractivity contribution in [3.05, 3.63) is 98.6 Å². The van der Waals surface area contributed by atoms with E-state index in [0.29, 0.717) is 29.7 Å². The smallest absolute Gasteiger partial charge is 0.416 e. The van der Waals surface area contributed by atoms with Gasteiger partial charge in [-0.1, -0.05) is 23.3 Å². The topological polar surface area (TPSA) is 87.4 Å². The molecular weight excluding hydrogens is 671 g/mol. The van der Waals surface area contributed by atoms with Gasteiger partial charge in [0.25, 0.3) is 5.95 Å². The Bertz CT molecular complexity index is 1820. The van der Waals surface area contributed by atoms with Crippen LogP contribution < -0.4 is 9.80 Å². The highest BCUT2D eigenvalue weighted by Gasteiger charge is 2.41. The molecule has 0 saturated carbocycles. The molecule has 1 N–H and O–H groups in total. The molecule has 8 nitrogen and oxygen atoms in total. The van der Waals surface area contributed by atoms with E-state index in [1.807, 2.05) is 0 Å². The molecule has 0 aliphatic carbocycles. The lowest BCUT2D eigenvalue weighted by Crippen LogP contribution is -2.31. The summed E-state index contributed by atoms with van der Waals surface area (Å²) in [6.45, 7) is 2.31. The van der Waals surface area contributed by atoms with Gasteiger partial charge in [-0.05, 0) is 90.1 Å². The van der Waals surface area contributed by atoms with E-state index >= 15 is 0 Å². The predicted octanol–water partition coefficient (Wildman–Crippen LogP) is 8.13. The summed E-state index contributed by atoms with van der Waals surface area (Å²) in [5, 5.41) is 21.2.